The predicted octanol–water partition coefficient (Wildman–Crippen LogP) is 4.88. The van der Waals surface area contributed by atoms with Crippen LogP contribution in [0, 0.1) is 5.82 Å². The molecule has 3 aromatic rings. The second-order valence-corrected chi connectivity index (χ2v) is 6.42. The first kappa shape index (κ1) is 15.6. The minimum absolute atomic E-state index is 0.219. The maximum atomic E-state index is 13.3. The van der Waals surface area contributed by atoms with Crippen molar-refractivity contribution in [1.29, 1.82) is 0 Å². The van der Waals surface area contributed by atoms with Crippen LogP contribution < -0.4 is 5.32 Å². The molecule has 5 heteroatoms. The van der Waals surface area contributed by atoms with Crippen molar-refractivity contribution >= 4 is 34.1 Å². The fourth-order valence-electron chi connectivity index (χ4n) is 2.59. The van der Waals surface area contributed by atoms with Crippen molar-refractivity contribution in [3.63, 3.8) is 0 Å². The Kier molecular flexibility index (Phi) is 3.86. The first-order valence-corrected chi connectivity index (χ1v) is 7.60. The average Bonchev–Trinajstić information content (AvgIpc) is 2.90. The van der Waals surface area contributed by atoms with E-state index in [2.05, 4.69) is 10.3 Å². The van der Waals surface area contributed by atoms with Gasteiger partial charge in [-0.3, -0.25) is 4.79 Å². The number of carbonyl (C=O) groups is 1. The number of aromatic nitrogens is 1. The third kappa shape index (κ3) is 2.94. The Morgan fingerprint density at radius 3 is 2.74 bits per heavy atom. The highest BCUT2D eigenvalue weighted by molar-refractivity contribution is 6.31. The molecule has 2 aromatic carbocycles. The predicted molar refractivity (Wildman–Crippen MR) is 91.4 cm³/mol. The average molecular weight is 331 g/mol. The maximum Gasteiger partial charge on any atom is 0.234 e. The zero-order valence-electron chi connectivity index (χ0n) is 12.8. The van der Waals surface area contributed by atoms with Crippen LogP contribution in [0.15, 0.2) is 48.7 Å². The SMILES string of the molecule is CC(C)(C(=O)Nc1cccc(F)c1)c1c[nH]c2ccc(Cl)cc12. The molecule has 0 fully saturated rings. The van der Waals surface area contributed by atoms with Crippen LogP contribution in [-0.2, 0) is 10.2 Å². The van der Waals surface area contributed by atoms with Gasteiger partial charge in [0, 0.05) is 27.8 Å². The number of carbonyl (C=O) groups excluding carboxylic acids is 1. The van der Waals surface area contributed by atoms with Crippen molar-refractivity contribution in [3.05, 3.63) is 65.1 Å². The van der Waals surface area contributed by atoms with Crippen molar-refractivity contribution in [2.75, 3.05) is 5.32 Å². The van der Waals surface area contributed by atoms with Crippen molar-refractivity contribution in [1.82, 2.24) is 4.98 Å². The Hall–Kier alpha value is -2.33. The van der Waals surface area contributed by atoms with E-state index >= 15 is 0 Å². The van der Waals surface area contributed by atoms with Gasteiger partial charge < -0.3 is 10.3 Å². The van der Waals surface area contributed by atoms with E-state index in [0.29, 0.717) is 10.7 Å². The van der Waals surface area contributed by atoms with Crippen LogP contribution in [0.2, 0.25) is 5.02 Å². The highest BCUT2D eigenvalue weighted by Crippen LogP contribution is 2.33. The molecular formula is C18H16ClFN2O. The summed E-state index contributed by atoms with van der Waals surface area (Å²) < 4.78 is 13.3. The highest BCUT2D eigenvalue weighted by Gasteiger charge is 2.32. The molecule has 1 aromatic heterocycles. The van der Waals surface area contributed by atoms with Crippen molar-refractivity contribution in [2.24, 2.45) is 0 Å². The number of rotatable bonds is 3. The summed E-state index contributed by atoms with van der Waals surface area (Å²) in [6, 6.07) is 11.3. The smallest absolute Gasteiger partial charge is 0.234 e. The molecule has 0 saturated heterocycles. The molecule has 0 spiro atoms. The van der Waals surface area contributed by atoms with Crippen LogP contribution in [0.25, 0.3) is 10.9 Å². The van der Waals surface area contributed by atoms with E-state index in [1.165, 1.54) is 12.1 Å². The fourth-order valence-corrected chi connectivity index (χ4v) is 2.76. The number of hydrogen-bond acceptors (Lipinski definition) is 1. The quantitative estimate of drug-likeness (QED) is 0.706. The molecular weight excluding hydrogens is 315 g/mol. The molecule has 1 amide bonds. The minimum atomic E-state index is -0.810. The topological polar surface area (TPSA) is 44.9 Å². The van der Waals surface area contributed by atoms with E-state index in [-0.39, 0.29) is 11.7 Å². The summed E-state index contributed by atoms with van der Waals surface area (Å²) in [6.07, 6.45) is 1.81. The van der Waals surface area contributed by atoms with Crippen LogP contribution in [-0.4, -0.2) is 10.9 Å². The molecule has 0 unspecified atom stereocenters. The lowest BCUT2D eigenvalue weighted by Crippen LogP contribution is -2.34. The normalized spacial score (nSPS) is 11.7. The molecule has 3 nitrogen and oxygen atoms in total. The van der Waals surface area contributed by atoms with Gasteiger partial charge in [0.05, 0.1) is 5.41 Å². The molecule has 23 heavy (non-hydrogen) atoms. The number of anilines is 1. The van der Waals surface area contributed by atoms with Gasteiger partial charge in [0.25, 0.3) is 0 Å². The Bertz CT molecular complexity index is 886. The summed E-state index contributed by atoms with van der Waals surface area (Å²) in [7, 11) is 0. The Morgan fingerprint density at radius 1 is 1.22 bits per heavy atom. The number of halogens is 2. The van der Waals surface area contributed by atoms with Gasteiger partial charge in [-0.25, -0.2) is 4.39 Å². The lowest BCUT2D eigenvalue weighted by atomic mass is 9.83. The second kappa shape index (κ2) is 5.70. The first-order valence-electron chi connectivity index (χ1n) is 7.22. The second-order valence-electron chi connectivity index (χ2n) is 5.98. The molecule has 0 aliphatic rings. The molecule has 3 rings (SSSR count). The number of nitrogens with one attached hydrogen (secondary N) is 2. The van der Waals surface area contributed by atoms with Crippen LogP contribution in [0.3, 0.4) is 0 Å². The number of H-pyrrole nitrogens is 1. The molecule has 118 valence electrons. The van der Waals surface area contributed by atoms with Crippen LogP contribution in [0.4, 0.5) is 10.1 Å². The van der Waals surface area contributed by atoms with Gasteiger partial charge in [-0.05, 0) is 55.8 Å². The third-order valence-electron chi connectivity index (χ3n) is 3.97. The molecule has 0 aliphatic carbocycles. The van der Waals surface area contributed by atoms with Gasteiger partial charge in [-0.1, -0.05) is 17.7 Å². The summed E-state index contributed by atoms with van der Waals surface area (Å²) in [6.45, 7) is 3.65. The molecule has 0 bridgehead atoms. The van der Waals surface area contributed by atoms with Gasteiger partial charge in [0.2, 0.25) is 5.91 Å². The molecule has 2 N–H and O–H groups in total. The van der Waals surface area contributed by atoms with E-state index in [1.807, 2.05) is 32.2 Å². The van der Waals surface area contributed by atoms with E-state index in [9.17, 15) is 9.18 Å². The van der Waals surface area contributed by atoms with Crippen LogP contribution in [0.1, 0.15) is 19.4 Å². The van der Waals surface area contributed by atoms with E-state index in [1.54, 1.807) is 18.2 Å². The number of fused-ring (bicyclic) bond motifs is 1. The monoisotopic (exact) mass is 330 g/mol. The first-order chi connectivity index (χ1) is 10.9. The molecule has 0 saturated carbocycles. The van der Waals surface area contributed by atoms with Gasteiger partial charge in [0.15, 0.2) is 0 Å². The Balaban J connectivity index is 1.96. The minimum Gasteiger partial charge on any atom is -0.361 e. The fraction of sp³-hybridized carbons (Fsp3) is 0.167. The van der Waals surface area contributed by atoms with E-state index < -0.39 is 5.41 Å². The number of hydrogen-bond donors (Lipinski definition) is 2. The largest absolute Gasteiger partial charge is 0.361 e. The van der Waals surface area contributed by atoms with E-state index in [0.717, 1.165) is 16.5 Å². The van der Waals surface area contributed by atoms with Crippen LogP contribution in [0.5, 0.6) is 0 Å². The van der Waals surface area contributed by atoms with E-state index in [4.69, 9.17) is 11.6 Å². The molecule has 0 radical (unpaired) electrons. The highest BCUT2D eigenvalue weighted by atomic mass is 35.5. The number of benzene rings is 2. The van der Waals surface area contributed by atoms with Gasteiger partial charge in [-0.15, -0.1) is 0 Å². The summed E-state index contributed by atoms with van der Waals surface area (Å²) in [5.74, 6) is -0.608. The summed E-state index contributed by atoms with van der Waals surface area (Å²) in [5.41, 5.74) is 1.37. The van der Waals surface area contributed by atoms with Crippen molar-refractivity contribution < 1.29 is 9.18 Å². The van der Waals surface area contributed by atoms with Crippen molar-refractivity contribution in [3.8, 4) is 0 Å². The molecule has 0 aliphatic heterocycles. The standard InChI is InChI=1S/C18H16ClFN2O/c1-18(2,17(23)22-13-5-3-4-12(20)9-13)15-10-21-16-7-6-11(19)8-14(15)16/h3-10,21H,1-2H3,(H,22,23). The lowest BCUT2D eigenvalue weighted by Gasteiger charge is -2.23. The Morgan fingerprint density at radius 2 is 2.00 bits per heavy atom. The summed E-state index contributed by atoms with van der Waals surface area (Å²) in [4.78, 5) is 15.8. The molecule has 1 heterocycles. The number of aromatic amines is 1. The van der Waals surface area contributed by atoms with Gasteiger partial charge >= 0.3 is 0 Å². The summed E-state index contributed by atoms with van der Waals surface area (Å²) in [5, 5.41) is 4.28. The maximum absolute atomic E-state index is 13.3. The number of amides is 1. The zero-order valence-corrected chi connectivity index (χ0v) is 13.5. The van der Waals surface area contributed by atoms with Crippen molar-refractivity contribution in [2.45, 2.75) is 19.3 Å². The van der Waals surface area contributed by atoms with Gasteiger partial charge in [-0.2, -0.15) is 0 Å². The van der Waals surface area contributed by atoms with Gasteiger partial charge in [0.1, 0.15) is 5.82 Å². The zero-order chi connectivity index (χ0) is 16.6. The van der Waals surface area contributed by atoms with Crippen LogP contribution >= 0.6 is 11.6 Å². The third-order valence-corrected chi connectivity index (χ3v) is 4.20. The molecule has 0 atom stereocenters. The lowest BCUT2D eigenvalue weighted by molar-refractivity contribution is -0.120. The summed E-state index contributed by atoms with van der Waals surface area (Å²) >= 11 is 6.07. The Labute approximate surface area is 138 Å².